The first kappa shape index (κ1) is 20.3. The van der Waals surface area contributed by atoms with Gasteiger partial charge in [-0.25, -0.2) is 4.98 Å². The van der Waals surface area contributed by atoms with Crippen molar-refractivity contribution in [1.82, 2.24) is 9.55 Å². The molecule has 6 rings (SSSR count). The molecule has 3 heterocycles. The van der Waals surface area contributed by atoms with Gasteiger partial charge >= 0.3 is 0 Å². The Morgan fingerprint density at radius 2 is 1.71 bits per heavy atom. The maximum absolute atomic E-state index is 12.9. The summed E-state index contributed by atoms with van der Waals surface area (Å²) >= 11 is 0. The van der Waals surface area contributed by atoms with Gasteiger partial charge in [-0.2, -0.15) is 0 Å². The third kappa shape index (κ3) is 3.63. The second-order valence-electron chi connectivity index (χ2n) is 8.37. The van der Waals surface area contributed by atoms with Crippen molar-refractivity contribution in [3.05, 3.63) is 73.1 Å². The number of nitrogens with one attached hydrogen (secondary N) is 1. The Morgan fingerprint density at radius 1 is 0.941 bits per heavy atom. The quantitative estimate of drug-likeness (QED) is 0.507. The van der Waals surface area contributed by atoms with Crippen LogP contribution in [0.3, 0.4) is 0 Å². The number of ether oxygens (including phenoxy) is 2. The molecule has 1 atom stereocenters. The molecule has 170 valence electrons. The smallest absolute Gasteiger partial charge is 0.229 e. The molecule has 2 aliphatic rings. The molecular formula is C26H22N4O4. The van der Waals surface area contributed by atoms with E-state index in [1.165, 1.54) is 0 Å². The fourth-order valence-corrected chi connectivity index (χ4v) is 4.45. The molecular weight excluding hydrogens is 432 g/mol. The second-order valence-corrected chi connectivity index (χ2v) is 8.37. The third-order valence-corrected chi connectivity index (χ3v) is 6.20. The van der Waals surface area contributed by atoms with Crippen LogP contribution in [0.4, 0.5) is 11.4 Å². The van der Waals surface area contributed by atoms with Gasteiger partial charge in [0, 0.05) is 36.1 Å². The molecule has 0 spiro atoms. The number of fused-ring (bicyclic) bond motifs is 2. The molecule has 0 unspecified atom stereocenters. The number of para-hydroxylation sites is 2. The molecule has 4 aromatic rings. The van der Waals surface area contributed by atoms with E-state index in [4.69, 9.17) is 9.47 Å². The molecule has 1 saturated heterocycles. The highest BCUT2D eigenvalue weighted by Crippen LogP contribution is 2.36. The fraction of sp³-hybridized carbons (Fsp3) is 0.192. The monoisotopic (exact) mass is 454 g/mol. The number of nitrogens with zero attached hydrogens (tertiary/aromatic N) is 3. The van der Waals surface area contributed by atoms with Crippen LogP contribution in [0.25, 0.3) is 16.7 Å². The van der Waals surface area contributed by atoms with Crippen LogP contribution >= 0.6 is 0 Å². The molecule has 8 heteroatoms. The molecule has 0 bridgehead atoms. The Kier molecular flexibility index (Phi) is 4.91. The van der Waals surface area contributed by atoms with Crippen molar-refractivity contribution in [2.45, 2.75) is 6.42 Å². The SMILES string of the molecule is O=C(Nc1ccc(-n2cnc3ccccc32)cc1)[C@H]1CC(=O)N(c2ccc3c(c2)OCCO3)C1. The average Bonchev–Trinajstić information content (AvgIpc) is 3.48. The largest absolute Gasteiger partial charge is 0.486 e. The summed E-state index contributed by atoms with van der Waals surface area (Å²) in [5, 5.41) is 2.95. The van der Waals surface area contributed by atoms with Crippen LogP contribution in [-0.2, 0) is 9.59 Å². The van der Waals surface area contributed by atoms with E-state index in [1.807, 2.05) is 59.2 Å². The maximum Gasteiger partial charge on any atom is 0.229 e. The average molecular weight is 454 g/mol. The van der Waals surface area contributed by atoms with Crippen LogP contribution < -0.4 is 19.7 Å². The van der Waals surface area contributed by atoms with E-state index in [-0.39, 0.29) is 18.2 Å². The van der Waals surface area contributed by atoms with E-state index in [0.717, 1.165) is 16.7 Å². The van der Waals surface area contributed by atoms with Crippen molar-refractivity contribution in [3.63, 3.8) is 0 Å². The predicted octanol–water partition coefficient (Wildman–Crippen LogP) is 3.79. The number of rotatable bonds is 4. The van der Waals surface area contributed by atoms with Gasteiger partial charge in [0.25, 0.3) is 0 Å². The van der Waals surface area contributed by atoms with Crippen LogP contribution in [-0.4, -0.2) is 41.1 Å². The highest BCUT2D eigenvalue weighted by molar-refractivity contribution is 6.03. The summed E-state index contributed by atoms with van der Waals surface area (Å²) in [5.74, 6) is 0.602. The summed E-state index contributed by atoms with van der Waals surface area (Å²) < 4.78 is 13.2. The first-order valence-corrected chi connectivity index (χ1v) is 11.2. The molecule has 34 heavy (non-hydrogen) atoms. The standard InChI is InChI=1S/C26H22N4O4/c31-25-13-17(15-29(25)20-9-10-23-24(14-20)34-12-11-33-23)26(32)28-18-5-7-19(8-6-18)30-16-27-21-3-1-2-4-22(21)30/h1-10,14,16-17H,11-13,15H2,(H,28,32)/t17-/m0/s1. The number of benzene rings is 3. The van der Waals surface area contributed by atoms with E-state index in [2.05, 4.69) is 10.3 Å². The van der Waals surface area contributed by atoms with E-state index >= 15 is 0 Å². The highest BCUT2D eigenvalue weighted by atomic mass is 16.6. The number of carbonyl (C=O) groups excluding carboxylic acids is 2. The Bertz CT molecular complexity index is 1400. The molecule has 0 saturated carbocycles. The number of amides is 2. The molecule has 2 amide bonds. The van der Waals surface area contributed by atoms with Crippen LogP contribution in [0, 0.1) is 5.92 Å². The zero-order valence-electron chi connectivity index (χ0n) is 18.3. The predicted molar refractivity (Wildman–Crippen MR) is 128 cm³/mol. The highest BCUT2D eigenvalue weighted by Gasteiger charge is 2.35. The minimum absolute atomic E-state index is 0.0841. The number of hydrogen-bond acceptors (Lipinski definition) is 5. The van der Waals surface area contributed by atoms with Crippen molar-refractivity contribution in [2.75, 3.05) is 30.0 Å². The van der Waals surface area contributed by atoms with E-state index in [9.17, 15) is 9.59 Å². The maximum atomic E-state index is 12.9. The minimum Gasteiger partial charge on any atom is -0.486 e. The van der Waals surface area contributed by atoms with Crippen LogP contribution in [0.2, 0.25) is 0 Å². The van der Waals surface area contributed by atoms with Gasteiger partial charge in [-0.1, -0.05) is 12.1 Å². The summed E-state index contributed by atoms with van der Waals surface area (Å²) in [6.45, 7) is 1.31. The molecule has 1 N–H and O–H groups in total. The lowest BCUT2D eigenvalue weighted by molar-refractivity contribution is -0.122. The number of carbonyl (C=O) groups is 2. The van der Waals surface area contributed by atoms with Crippen LogP contribution in [0.5, 0.6) is 11.5 Å². The number of imidazole rings is 1. The normalized spacial score (nSPS) is 17.2. The van der Waals surface area contributed by atoms with Crippen molar-refractivity contribution in [3.8, 4) is 17.2 Å². The molecule has 8 nitrogen and oxygen atoms in total. The number of anilines is 2. The fourth-order valence-electron chi connectivity index (χ4n) is 4.45. The van der Waals surface area contributed by atoms with Crippen molar-refractivity contribution >= 4 is 34.2 Å². The van der Waals surface area contributed by atoms with Gasteiger partial charge in [0.1, 0.15) is 19.5 Å². The zero-order chi connectivity index (χ0) is 23.1. The number of aromatic nitrogens is 2. The van der Waals surface area contributed by atoms with Crippen LogP contribution in [0.1, 0.15) is 6.42 Å². The number of hydrogen-bond donors (Lipinski definition) is 1. The van der Waals surface area contributed by atoms with E-state index < -0.39 is 5.92 Å². The lowest BCUT2D eigenvalue weighted by Gasteiger charge is -2.22. The van der Waals surface area contributed by atoms with Gasteiger partial charge in [0.05, 0.1) is 17.0 Å². The topological polar surface area (TPSA) is 85.7 Å². The van der Waals surface area contributed by atoms with E-state index in [0.29, 0.717) is 42.6 Å². The molecule has 0 aliphatic carbocycles. The molecule has 0 radical (unpaired) electrons. The first-order chi connectivity index (χ1) is 16.7. The Morgan fingerprint density at radius 3 is 2.56 bits per heavy atom. The van der Waals surface area contributed by atoms with Gasteiger partial charge in [-0.05, 0) is 48.5 Å². The Hall–Kier alpha value is -4.33. The zero-order valence-corrected chi connectivity index (χ0v) is 18.3. The lowest BCUT2D eigenvalue weighted by Crippen LogP contribution is -2.28. The summed E-state index contributed by atoms with van der Waals surface area (Å²) in [7, 11) is 0. The Labute approximate surface area is 195 Å². The van der Waals surface area contributed by atoms with Gasteiger partial charge in [-0.3, -0.25) is 14.2 Å². The van der Waals surface area contributed by atoms with E-state index in [1.54, 1.807) is 23.4 Å². The second kappa shape index (κ2) is 8.22. The summed E-state index contributed by atoms with van der Waals surface area (Å²) in [6.07, 6.45) is 1.95. The van der Waals surface area contributed by atoms with Crippen molar-refractivity contribution < 1.29 is 19.1 Å². The van der Waals surface area contributed by atoms with Crippen molar-refractivity contribution in [2.24, 2.45) is 5.92 Å². The third-order valence-electron chi connectivity index (χ3n) is 6.20. The first-order valence-electron chi connectivity index (χ1n) is 11.2. The van der Waals surface area contributed by atoms with Gasteiger partial charge in [0.15, 0.2) is 11.5 Å². The van der Waals surface area contributed by atoms with Crippen molar-refractivity contribution in [1.29, 1.82) is 0 Å². The molecule has 1 fully saturated rings. The lowest BCUT2D eigenvalue weighted by atomic mass is 10.1. The Balaban J connectivity index is 1.14. The molecule has 2 aliphatic heterocycles. The van der Waals surface area contributed by atoms with Gasteiger partial charge in [-0.15, -0.1) is 0 Å². The molecule has 3 aromatic carbocycles. The summed E-state index contributed by atoms with van der Waals surface area (Å²) in [6, 6.07) is 20.9. The minimum atomic E-state index is -0.432. The van der Waals surface area contributed by atoms with Crippen LogP contribution in [0.15, 0.2) is 73.1 Å². The summed E-state index contributed by atoms with van der Waals surface area (Å²) in [4.78, 5) is 31.6. The molecule has 1 aromatic heterocycles. The van der Waals surface area contributed by atoms with Gasteiger partial charge in [0.2, 0.25) is 11.8 Å². The van der Waals surface area contributed by atoms with Gasteiger partial charge < -0.3 is 19.7 Å². The summed E-state index contributed by atoms with van der Waals surface area (Å²) in [5.41, 5.74) is 4.29.